The predicted octanol–water partition coefficient (Wildman–Crippen LogP) is 1.62. The number of hydrogen-bond acceptors (Lipinski definition) is 5. The molecule has 0 amide bonds. The Balaban J connectivity index is 2.92. The maximum Gasteiger partial charge on any atom is 0.312 e. The lowest BCUT2D eigenvalue weighted by Crippen LogP contribution is -2.16. The fourth-order valence-electron chi connectivity index (χ4n) is 1.16. The molecule has 0 radical (unpaired) electrons. The first-order valence-electron chi connectivity index (χ1n) is 5.07. The molecule has 1 aromatic carbocycles. The van der Waals surface area contributed by atoms with Crippen molar-refractivity contribution in [3.8, 4) is 11.8 Å². The molecule has 0 aliphatic heterocycles. The maximum absolute atomic E-state index is 10.8. The fourth-order valence-corrected chi connectivity index (χ4v) is 1.16. The van der Waals surface area contributed by atoms with Crippen molar-refractivity contribution < 1.29 is 14.8 Å². The van der Waals surface area contributed by atoms with Crippen molar-refractivity contribution in [2.24, 2.45) is 0 Å². The van der Waals surface area contributed by atoms with Gasteiger partial charge in [0, 0.05) is 6.07 Å². The number of aliphatic hydroxyl groups excluding tert-OH is 1. The van der Waals surface area contributed by atoms with Gasteiger partial charge in [0.05, 0.1) is 22.7 Å². The fraction of sp³-hybridized carbons (Fsp3) is 0.364. The summed E-state index contributed by atoms with van der Waals surface area (Å²) in [7, 11) is 0. The van der Waals surface area contributed by atoms with Crippen LogP contribution in [0.3, 0.4) is 0 Å². The van der Waals surface area contributed by atoms with E-state index in [1.807, 2.05) is 6.07 Å². The lowest BCUT2D eigenvalue weighted by atomic mass is 10.2. The van der Waals surface area contributed by atoms with E-state index in [9.17, 15) is 15.2 Å². The number of nitro benzene ring substituents is 1. The minimum Gasteiger partial charge on any atom is -0.484 e. The Labute approximate surface area is 98.2 Å². The summed E-state index contributed by atoms with van der Waals surface area (Å²) in [5.41, 5.74) is -0.0764. The van der Waals surface area contributed by atoms with Crippen molar-refractivity contribution in [3.05, 3.63) is 33.9 Å². The molecule has 0 spiro atoms. The molecular weight excluding hydrogens is 224 g/mol. The highest BCUT2D eigenvalue weighted by atomic mass is 16.6. The van der Waals surface area contributed by atoms with Gasteiger partial charge >= 0.3 is 5.69 Å². The molecule has 1 N–H and O–H groups in total. The highest BCUT2D eigenvalue weighted by Gasteiger charge is 2.16. The Bertz CT molecular complexity index is 453. The minimum atomic E-state index is -0.662. The minimum absolute atomic E-state index is 0.0107. The number of nitro groups is 1. The monoisotopic (exact) mass is 236 g/mol. The van der Waals surface area contributed by atoms with E-state index in [2.05, 4.69) is 0 Å². The topological polar surface area (TPSA) is 96.4 Å². The lowest BCUT2D eigenvalue weighted by Gasteiger charge is -2.10. The highest BCUT2D eigenvalue weighted by molar-refractivity contribution is 5.51. The third kappa shape index (κ3) is 3.43. The van der Waals surface area contributed by atoms with Crippen molar-refractivity contribution in [2.75, 3.05) is 6.61 Å². The van der Waals surface area contributed by atoms with Crippen LogP contribution in [-0.2, 0) is 0 Å². The van der Waals surface area contributed by atoms with Crippen LogP contribution in [0.25, 0.3) is 0 Å². The third-order valence-electron chi connectivity index (χ3n) is 2.19. The standard InChI is InChI=1S/C11H12N2O4/c1-2-9(14)7-17-11-4-3-8(6-12)5-10(11)13(15)16/h3-5,9,14H,2,7H2,1H3. The van der Waals surface area contributed by atoms with Gasteiger partial charge in [-0.1, -0.05) is 6.92 Å². The lowest BCUT2D eigenvalue weighted by molar-refractivity contribution is -0.385. The van der Waals surface area contributed by atoms with Crippen LogP contribution in [0.5, 0.6) is 5.75 Å². The van der Waals surface area contributed by atoms with Crippen LogP contribution in [0.2, 0.25) is 0 Å². The molecule has 1 aromatic rings. The summed E-state index contributed by atoms with van der Waals surface area (Å²) in [6.07, 6.45) is -0.158. The molecule has 0 saturated carbocycles. The van der Waals surface area contributed by atoms with Gasteiger partial charge in [0.25, 0.3) is 0 Å². The second kappa shape index (κ2) is 5.82. The van der Waals surface area contributed by atoms with Gasteiger partial charge < -0.3 is 9.84 Å². The Hall–Kier alpha value is -2.13. The molecule has 0 fully saturated rings. The normalized spacial score (nSPS) is 11.6. The van der Waals surface area contributed by atoms with E-state index < -0.39 is 11.0 Å². The summed E-state index contributed by atoms with van der Waals surface area (Å²) < 4.78 is 5.15. The van der Waals surface area contributed by atoms with E-state index in [0.717, 1.165) is 6.07 Å². The van der Waals surface area contributed by atoms with E-state index >= 15 is 0 Å². The highest BCUT2D eigenvalue weighted by Crippen LogP contribution is 2.27. The van der Waals surface area contributed by atoms with Gasteiger partial charge in [-0.3, -0.25) is 10.1 Å². The van der Waals surface area contributed by atoms with Crippen LogP contribution in [0, 0.1) is 21.4 Å². The van der Waals surface area contributed by atoms with Crippen molar-refractivity contribution in [1.82, 2.24) is 0 Å². The van der Waals surface area contributed by atoms with E-state index in [0.29, 0.717) is 6.42 Å². The quantitative estimate of drug-likeness (QED) is 0.618. The Kier molecular flexibility index (Phi) is 4.43. The van der Waals surface area contributed by atoms with Gasteiger partial charge in [-0.15, -0.1) is 0 Å². The van der Waals surface area contributed by atoms with Crippen LogP contribution in [0.1, 0.15) is 18.9 Å². The molecule has 90 valence electrons. The van der Waals surface area contributed by atoms with Crippen molar-refractivity contribution in [3.63, 3.8) is 0 Å². The van der Waals surface area contributed by atoms with E-state index in [-0.39, 0.29) is 23.6 Å². The molecule has 0 saturated heterocycles. The number of benzene rings is 1. The molecule has 0 heterocycles. The van der Waals surface area contributed by atoms with Gasteiger partial charge in [0.1, 0.15) is 6.61 Å². The second-order valence-corrected chi connectivity index (χ2v) is 3.42. The van der Waals surface area contributed by atoms with Gasteiger partial charge in [0.2, 0.25) is 0 Å². The molecule has 6 heteroatoms. The number of ether oxygens (including phenoxy) is 1. The van der Waals surface area contributed by atoms with E-state index in [1.54, 1.807) is 6.92 Å². The van der Waals surface area contributed by atoms with Crippen molar-refractivity contribution in [1.29, 1.82) is 5.26 Å². The molecule has 1 atom stereocenters. The van der Waals surface area contributed by atoms with E-state index in [4.69, 9.17) is 10.00 Å². The SMILES string of the molecule is CCC(O)COc1ccc(C#N)cc1[N+](=O)[O-]. The van der Waals surface area contributed by atoms with Gasteiger partial charge in [-0.25, -0.2) is 0 Å². The summed E-state index contributed by atoms with van der Waals surface area (Å²) in [5, 5.41) is 28.7. The number of nitrogens with zero attached hydrogens (tertiary/aromatic N) is 2. The Morgan fingerprint density at radius 3 is 2.88 bits per heavy atom. The molecule has 6 nitrogen and oxygen atoms in total. The van der Waals surface area contributed by atoms with Gasteiger partial charge in [-0.2, -0.15) is 5.26 Å². The first kappa shape index (κ1) is 12.9. The zero-order valence-corrected chi connectivity index (χ0v) is 9.29. The molecule has 0 aliphatic carbocycles. The molecule has 17 heavy (non-hydrogen) atoms. The van der Waals surface area contributed by atoms with Crippen LogP contribution >= 0.6 is 0 Å². The number of aliphatic hydroxyl groups is 1. The Morgan fingerprint density at radius 1 is 1.65 bits per heavy atom. The van der Waals surface area contributed by atoms with Crippen molar-refractivity contribution >= 4 is 5.69 Å². The summed E-state index contributed by atoms with van der Waals surface area (Å²) >= 11 is 0. The maximum atomic E-state index is 10.8. The first-order valence-corrected chi connectivity index (χ1v) is 5.07. The van der Waals surface area contributed by atoms with Crippen LogP contribution in [0.4, 0.5) is 5.69 Å². The van der Waals surface area contributed by atoms with Crippen LogP contribution < -0.4 is 4.74 Å². The van der Waals surface area contributed by atoms with Crippen molar-refractivity contribution in [2.45, 2.75) is 19.4 Å². The Morgan fingerprint density at radius 2 is 2.35 bits per heavy atom. The third-order valence-corrected chi connectivity index (χ3v) is 2.19. The second-order valence-electron chi connectivity index (χ2n) is 3.42. The number of rotatable bonds is 5. The molecule has 0 aliphatic rings. The molecule has 1 rings (SSSR count). The summed E-state index contributed by atoms with van der Waals surface area (Å²) in [6, 6.07) is 5.75. The molecular formula is C11H12N2O4. The zero-order valence-electron chi connectivity index (χ0n) is 9.29. The van der Waals surface area contributed by atoms with E-state index in [1.165, 1.54) is 12.1 Å². The summed E-state index contributed by atoms with van der Waals surface area (Å²) in [4.78, 5) is 10.1. The number of hydrogen-bond donors (Lipinski definition) is 1. The summed E-state index contributed by atoms with van der Waals surface area (Å²) in [6.45, 7) is 1.77. The average molecular weight is 236 g/mol. The van der Waals surface area contributed by atoms with Crippen LogP contribution in [-0.4, -0.2) is 22.7 Å². The zero-order chi connectivity index (χ0) is 12.8. The molecule has 0 aromatic heterocycles. The van der Waals surface area contributed by atoms with Gasteiger partial charge in [-0.05, 0) is 18.6 Å². The molecule has 1 unspecified atom stereocenters. The van der Waals surface area contributed by atoms with Gasteiger partial charge in [0.15, 0.2) is 5.75 Å². The predicted molar refractivity (Wildman–Crippen MR) is 59.6 cm³/mol. The average Bonchev–Trinajstić information content (AvgIpc) is 2.35. The smallest absolute Gasteiger partial charge is 0.312 e. The van der Waals surface area contributed by atoms with Crippen LogP contribution in [0.15, 0.2) is 18.2 Å². The molecule has 0 bridgehead atoms. The summed E-state index contributed by atoms with van der Waals surface area (Å²) in [5.74, 6) is 0.0569. The largest absolute Gasteiger partial charge is 0.484 e. The first-order chi connectivity index (χ1) is 8.08. The number of nitriles is 1.